The molecule has 2 fully saturated rings. The molecule has 27 heavy (non-hydrogen) atoms. The summed E-state index contributed by atoms with van der Waals surface area (Å²) in [4.78, 5) is 4.85. The average Bonchev–Trinajstić information content (AvgIpc) is 2.58. The van der Waals surface area contributed by atoms with Crippen LogP contribution in [0.5, 0.6) is 5.75 Å². The Bertz CT molecular complexity index is 848. The molecule has 146 valence electrons. The van der Waals surface area contributed by atoms with E-state index in [-0.39, 0.29) is 12.6 Å². The maximum atomic E-state index is 12.4. The van der Waals surface area contributed by atoms with Crippen molar-refractivity contribution in [2.24, 2.45) is 11.8 Å². The van der Waals surface area contributed by atoms with Gasteiger partial charge in [0.2, 0.25) is 10.0 Å². The third-order valence-corrected chi connectivity index (χ3v) is 6.87. The first-order valence-electron chi connectivity index (χ1n) is 9.41. The number of hydrogen-bond donors (Lipinski definition) is 0. The number of likely N-dealkylation sites (tertiary alicyclic amines) is 2. The topological polar surface area (TPSA) is 76.9 Å². The molecule has 0 amide bonds. The first-order valence-corrected chi connectivity index (χ1v) is 11.3. The van der Waals surface area contributed by atoms with Gasteiger partial charge in [-0.05, 0) is 43.5 Å². The Morgan fingerprint density at radius 3 is 2.52 bits per heavy atom. The summed E-state index contributed by atoms with van der Waals surface area (Å²) in [6.07, 6.45) is 2.29. The van der Waals surface area contributed by atoms with Crippen molar-refractivity contribution in [2.75, 3.05) is 56.9 Å². The monoisotopic (exact) mass is 390 g/mol. The molecule has 4 rings (SSSR count). The number of benzene rings is 1. The molecule has 0 aromatic heterocycles. The van der Waals surface area contributed by atoms with Gasteiger partial charge in [0.25, 0.3) is 0 Å². The Balaban J connectivity index is 1.52. The molecule has 0 N–H and O–H groups in total. The lowest BCUT2D eigenvalue weighted by Crippen LogP contribution is -2.55. The molecule has 0 aliphatic carbocycles. The zero-order chi connectivity index (χ0) is 19.2. The minimum absolute atomic E-state index is 0.211. The van der Waals surface area contributed by atoms with E-state index in [2.05, 4.69) is 22.9 Å². The van der Waals surface area contributed by atoms with Crippen LogP contribution in [0.1, 0.15) is 12.0 Å². The zero-order valence-electron chi connectivity index (χ0n) is 15.8. The fraction of sp³-hybridized carbons (Fsp3) is 0.632. The van der Waals surface area contributed by atoms with Gasteiger partial charge in [-0.1, -0.05) is 0 Å². The molecule has 7 nitrogen and oxygen atoms in total. The second-order valence-corrected chi connectivity index (χ2v) is 10.1. The van der Waals surface area contributed by atoms with Crippen molar-refractivity contribution in [1.29, 1.82) is 5.26 Å². The summed E-state index contributed by atoms with van der Waals surface area (Å²) < 4.78 is 32.2. The number of fused-ring (bicyclic) bond motifs is 3. The van der Waals surface area contributed by atoms with E-state index in [0.29, 0.717) is 28.8 Å². The normalized spacial score (nSPS) is 28.9. The summed E-state index contributed by atoms with van der Waals surface area (Å²) >= 11 is 0. The maximum Gasteiger partial charge on any atom is 0.232 e. The Hall–Kier alpha value is -1.82. The highest BCUT2D eigenvalue weighted by Crippen LogP contribution is 2.36. The summed E-state index contributed by atoms with van der Waals surface area (Å²) in [5.74, 6) is 1.90. The van der Waals surface area contributed by atoms with Crippen LogP contribution in [-0.4, -0.2) is 76.9 Å². The van der Waals surface area contributed by atoms with Crippen LogP contribution in [0, 0.1) is 23.2 Å². The molecule has 0 saturated carbocycles. The molecule has 0 radical (unpaired) electrons. The van der Waals surface area contributed by atoms with Gasteiger partial charge in [-0.15, -0.1) is 0 Å². The van der Waals surface area contributed by atoms with Crippen LogP contribution in [0.4, 0.5) is 5.69 Å². The minimum Gasteiger partial charge on any atom is -0.485 e. The Kier molecular flexibility index (Phi) is 4.78. The van der Waals surface area contributed by atoms with Gasteiger partial charge in [-0.2, -0.15) is 5.26 Å². The molecule has 3 unspecified atom stereocenters. The van der Waals surface area contributed by atoms with Gasteiger partial charge in [-0.3, -0.25) is 9.21 Å². The van der Waals surface area contributed by atoms with Crippen LogP contribution in [0.15, 0.2) is 18.2 Å². The molecule has 1 aromatic rings. The first-order chi connectivity index (χ1) is 12.8. The van der Waals surface area contributed by atoms with Gasteiger partial charge in [-0.25, -0.2) is 8.42 Å². The van der Waals surface area contributed by atoms with E-state index < -0.39 is 10.0 Å². The van der Waals surface area contributed by atoms with Gasteiger partial charge in [0.15, 0.2) is 0 Å². The molecule has 2 saturated heterocycles. The highest BCUT2D eigenvalue weighted by Gasteiger charge is 2.36. The van der Waals surface area contributed by atoms with E-state index >= 15 is 0 Å². The van der Waals surface area contributed by atoms with E-state index in [0.717, 1.165) is 32.7 Å². The first kappa shape index (κ1) is 18.5. The Morgan fingerprint density at radius 2 is 1.89 bits per heavy atom. The van der Waals surface area contributed by atoms with E-state index in [4.69, 9.17) is 10.00 Å². The molecule has 8 heteroatoms. The van der Waals surface area contributed by atoms with Gasteiger partial charge < -0.3 is 9.64 Å². The van der Waals surface area contributed by atoms with Crippen LogP contribution < -0.4 is 9.04 Å². The largest absolute Gasteiger partial charge is 0.485 e. The van der Waals surface area contributed by atoms with Crippen molar-refractivity contribution in [3.8, 4) is 11.8 Å². The highest BCUT2D eigenvalue weighted by atomic mass is 32.2. The summed E-state index contributed by atoms with van der Waals surface area (Å²) in [7, 11) is -1.25. The SMILES string of the molecule is CN1CC2CC(C1)CN(CC1CN(S(C)(=O)=O)c3cc(C#N)ccc3O1)C2. The van der Waals surface area contributed by atoms with Gasteiger partial charge in [0.05, 0.1) is 30.1 Å². The van der Waals surface area contributed by atoms with Crippen molar-refractivity contribution in [3.63, 3.8) is 0 Å². The van der Waals surface area contributed by atoms with Gasteiger partial charge >= 0.3 is 0 Å². The van der Waals surface area contributed by atoms with E-state index in [1.165, 1.54) is 17.0 Å². The van der Waals surface area contributed by atoms with Crippen LogP contribution in [-0.2, 0) is 10.0 Å². The lowest BCUT2D eigenvalue weighted by molar-refractivity contribution is 0.0229. The van der Waals surface area contributed by atoms with Crippen LogP contribution in [0.25, 0.3) is 0 Å². The van der Waals surface area contributed by atoms with E-state index in [9.17, 15) is 8.42 Å². The number of ether oxygens (including phenoxy) is 1. The second kappa shape index (κ2) is 6.97. The summed E-state index contributed by atoms with van der Waals surface area (Å²) in [6, 6.07) is 7.03. The minimum atomic E-state index is -3.44. The quantitative estimate of drug-likeness (QED) is 0.765. The fourth-order valence-electron chi connectivity index (χ4n) is 4.87. The van der Waals surface area contributed by atoms with Crippen molar-refractivity contribution in [3.05, 3.63) is 23.8 Å². The molecule has 3 atom stereocenters. The fourth-order valence-corrected chi connectivity index (χ4v) is 5.81. The molecule has 2 bridgehead atoms. The third-order valence-electron chi connectivity index (χ3n) is 5.72. The lowest BCUT2D eigenvalue weighted by atomic mass is 9.85. The van der Waals surface area contributed by atoms with Crippen molar-refractivity contribution >= 4 is 15.7 Å². The van der Waals surface area contributed by atoms with Crippen LogP contribution >= 0.6 is 0 Å². The standard InChI is InChI=1S/C19H26N4O3S/c1-21-8-15-5-16(9-21)11-22(10-15)12-17-13-23(27(2,24)25)18-6-14(7-20)3-4-19(18)26-17/h3-4,6,15-17H,5,8-13H2,1-2H3. The maximum absolute atomic E-state index is 12.4. The molecule has 3 heterocycles. The number of hydrogen-bond acceptors (Lipinski definition) is 6. The van der Waals surface area contributed by atoms with Gasteiger partial charge in [0.1, 0.15) is 11.9 Å². The van der Waals surface area contributed by atoms with Gasteiger partial charge in [0, 0.05) is 32.7 Å². The predicted molar refractivity (Wildman–Crippen MR) is 103 cm³/mol. The number of anilines is 1. The summed E-state index contributed by atoms with van der Waals surface area (Å²) in [5.41, 5.74) is 0.891. The number of rotatable bonds is 3. The summed E-state index contributed by atoms with van der Waals surface area (Å²) in [5, 5.41) is 9.12. The number of nitrogens with zero attached hydrogens (tertiary/aromatic N) is 4. The molecule has 3 aliphatic rings. The Morgan fingerprint density at radius 1 is 1.19 bits per heavy atom. The van der Waals surface area contributed by atoms with Crippen LogP contribution in [0.2, 0.25) is 0 Å². The third kappa shape index (κ3) is 3.91. The Labute approximate surface area is 161 Å². The second-order valence-electron chi connectivity index (χ2n) is 8.24. The smallest absolute Gasteiger partial charge is 0.232 e. The molecule has 1 aromatic carbocycles. The lowest BCUT2D eigenvalue weighted by Gasteiger charge is -2.46. The highest BCUT2D eigenvalue weighted by molar-refractivity contribution is 7.92. The van der Waals surface area contributed by atoms with Crippen molar-refractivity contribution in [1.82, 2.24) is 9.80 Å². The summed E-state index contributed by atoms with van der Waals surface area (Å²) in [6.45, 7) is 5.36. The predicted octanol–water partition coefficient (Wildman–Crippen LogP) is 0.969. The number of nitriles is 1. The van der Waals surface area contributed by atoms with Crippen molar-refractivity contribution in [2.45, 2.75) is 12.5 Å². The average molecular weight is 391 g/mol. The molecule has 0 spiro atoms. The molecular formula is C19H26N4O3S. The van der Waals surface area contributed by atoms with E-state index in [1.807, 2.05) is 0 Å². The van der Waals surface area contributed by atoms with Crippen molar-refractivity contribution < 1.29 is 13.2 Å². The zero-order valence-corrected chi connectivity index (χ0v) is 16.7. The molecule has 3 aliphatic heterocycles. The molecular weight excluding hydrogens is 364 g/mol. The van der Waals surface area contributed by atoms with Crippen LogP contribution in [0.3, 0.4) is 0 Å². The number of sulfonamides is 1. The van der Waals surface area contributed by atoms with E-state index in [1.54, 1.807) is 18.2 Å². The number of piperidine rings is 2.